The minimum absolute atomic E-state index is 0.446. The molecule has 4 heteroatoms. The van der Waals surface area contributed by atoms with Crippen molar-refractivity contribution in [1.29, 1.82) is 5.26 Å². The van der Waals surface area contributed by atoms with Gasteiger partial charge in [-0.05, 0) is 19.1 Å². The third-order valence-corrected chi connectivity index (χ3v) is 3.03. The maximum absolute atomic E-state index is 9.15. The molecular weight excluding hydrogens is 214 g/mol. The van der Waals surface area contributed by atoms with Gasteiger partial charge in [-0.25, -0.2) is 0 Å². The maximum Gasteiger partial charge on any atom is 0.121 e. The van der Waals surface area contributed by atoms with Gasteiger partial charge in [0.1, 0.15) is 11.8 Å². The summed E-state index contributed by atoms with van der Waals surface area (Å²) < 4.78 is 5.22. The van der Waals surface area contributed by atoms with E-state index in [4.69, 9.17) is 10.00 Å². The molecule has 90 valence electrons. The smallest absolute Gasteiger partial charge is 0.121 e. The minimum atomic E-state index is 0.446. The Hall–Kier alpha value is -1.73. The molecule has 1 atom stereocenters. The fraction of sp³-hybridized carbons (Fsp3) is 0.462. The molecule has 0 unspecified atom stereocenters. The van der Waals surface area contributed by atoms with Gasteiger partial charge in [-0.3, -0.25) is 0 Å². The zero-order valence-corrected chi connectivity index (χ0v) is 10.2. The van der Waals surface area contributed by atoms with E-state index in [1.54, 1.807) is 7.11 Å². The number of benzene rings is 1. The molecule has 4 nitrogen and oxygen atoms in total. The largest absolute Gasteiger partial charge is 0.497 e. The Kier molecular flexibility index (Phi) is 3.50. The standard InChI is InChI=1S/C13H17N3O/c1-10-9-16(6-5-15-10)13-7-12(17-2)4-3-11(13)8-14/h3-4,7,10,15H,5-6,9H2,1-2H3/t10-/m0/s1. The van der Waals surface area contributed by atoms with Crippen molar-refractivity contribution < 1.29 is 4.74 Å². The van der Waals surface area contributed by atoms with Crippen LogP contribution in [0.4, 0.5) is 5.69 Å². The van der Waals surface area contributed by atoms with Crippen LogP contribution in [0.15, 0.2) is 18.2 Å². The van der Waals surface area contributed by atoms with Gasteiger partial charge in [0.15, 0.2) is 0 Å². The van der Waals surface area contributed by atoms with Crippen molar-refractivity contribution in [2.24, 2.45) is 0 Å². The highest BCUT2D eigenvalue weighted by Crippen LogP contribution is 2.26. The monoisotopic (exact) mass is 231 g/mol. The average Bonchev–Trinajstić information content (AvgIpc) is 2.38. The van der Waals surface area contributed by atoms with Gasteiger partial charge in [0, 0.05) is 31.7 Å². The number of ether oxygens (including phenoxy) is 1. The Bertz CT molecular complexity index is 439. The predicted octanol–water partition coefficient (Wildman–Crippen LogP) is 1.36. The molecule has 0 aliphatic carbocycles. The second kappa shape index (κ2) is 5.07. The number of nitriles is 1. The highest BCUT2D eigenvalue weighted by molar-refractivity contribution is 5.62. The molecular formula is C13H17N3O. The van der Waals surface area contributed by atoms with Crippen molar-refractivity contribution >= 4 is 5.69 Å². The van der Waals surface area contributed by atoms with Crippen LogP contribution >= 0.6 is 0 Å². The molecule has 1 saturated heterocycles. The Labute approximate surface area is 102 Å². The van der Waals surface area contributed by atoms with Gasteiger partial charge in [0.25, 0.3) is 0 Å². The topological polar surface area (TPSA) is 48.3 Å². The first-order valence-electron chi connectivity index (χ1n) is 5.81. The quantitative estimate of drug-likeness (QED) is 0.835. The fourth-order valence-electron chi connectivity index (χ4n) is 2.15. The van der Waals surface area contributed by atoms with Gasteiger partial charge in [0.2, 0.25) is 0 Å². The van der Waals surface area contributed by atoms with Crippen molar-refractivity contribution in [1.82, 2.24) is 5.32 Å². The number of piperazine rings is 1. The molecule has 1 N–H and O–H groups in total. The molecule has 0 amide bonds. The summed E-state index contributed by atoms with van der Waals surface area (Å²) in [6.07, 6.45) is 0. The summed E-state index contributed by atoms with van der Waals surface area (Å²) >= 11 is 0. The molecule has 0 spiro atoms. The van der Waals surface area contributed by atoms with Gasteiger partial charge >= 0.3 is 0 Å². The number of nitrogens with one attached hydrogen (secondary N) is 1. The van der Waals surface area contributed by atoms with Crippen molar-refractivity contribution in [3.8, 4) is 11.8 Å². The molecule has 1 fully saturated rings. The molecule has 1 aliphatic rings. The van der Waals surface area contributed by atoms with Crippen LogP contribution in [0.25, 0.3) is 0 Å². The minimum Gasteiger partial charge on any atom is -0.497 e. The van der Waals surface area contributed by atoms with E-state index in [2.05, 4.69) is 23.2 Å². The summed E-state index contributed by atoms with van der Waals surface area (Å²) in [4.78, 5) is 2.24. The molecule has 0 radical (unpaired) electrons. The Morgan fingerprint density at radius 3 is 3.00 bits per heavy atom. The number of rotatable bonds is 2. The van der Waals surface area contributed by atoms with E-state index >= 15 is 0 Å². The molecule has 0 bridgehead atoms. The second-order valence-electron chi connectivity index (χ2n) is 4.30. The van der Waals surface area contributed by atoms with E-state index in [9.17, 15) is 0 Å². The van der Waals surface area contributed by atoms with Crippen LogP contribution in [0, 0.1) is 11.3 Å². The fourth-order valence-corrected chi connectivity index (χ4v) is 2.15. The molecule has 1 aromatic rings. The zero-order valence-electron chi connectivity index (χ0n) is 10.2. The Morgan fingerprint density at radius 1 is 1.53 bits per heavy atom. The first-order valence-corrected chi connectivity index (χ1v) is 5.81. The summed E-state index contributed by atoms with van der Waals surface area (Å²) in [6, 6.07) is 8.28. The Morgan fingerprint density at radius 2 is 2.35 bits per heavy atom. The SMILES string of the molecule is COc1ccc(C#N)c(N2CCN[C@@H](C)C2)c1. The van der Waals surface area contributed by atoms with Crippen LogP contribution in [-0.4, -0.2) is 32.8 Å². The molecule has 0 saturated carbocycles. The summed E-state index contributed by atoms with van der Waals surface area (Å²) in [6.45, 7) is 4.94. The van der Waals surface area contributed by atoms with Crippen molar-refractivity contribution in [3.05, 3.63) is 23.8 Å². The van der Waals surface area contributed by atoms with E-state index in [-0.39, 0.29) is 0 Å². The van der Waals surface area contributed by atoms with Crippen LogP contribution in [0.5, 0.6) is 5.75 Å². The number of methoxy groups -OCH3 is 1. The van der Waals surface area contributed by atoms with Crippen molar-refractivity contribution in [3.63, 3.8) is 0 Å². The average molecular weight is 231 g/mol. The summed E-state index contributed by atoms with van der Waals surface area (Å²) in [5.41, 5.74) is 1.68. The maximum atomic E-state index is 9.15. The second-order valence-corrected chi connectivity index (χ2v) is 4.30. The van der Waals surface area contributed by atoms with E-state index < -0.39 is 0 Å². The number of anilines is 1. The lowest BCUT2D eigenvalue weighted by Crippen LogP contribution is -2.49. The van der Waals surface area contributed by atoms with Crippen LogP contribution < -0.4 is 15.0 Å². The van der Waals surface area contributed by atoms with Crippen molar-refractivity contribution in [2.45, 2.75) is 13.0 Å². The Balaban J connectivity index is 2.32. The van der Waals surface area contributed by atoms with Gasteiger partial charge in [-0.2, -0.15) is 5.26 Å². The summed E-state index contributed by atoms with van der Waals surface area (Å²) in [5.74, 6) is 0.796. The zero-order chi connectivity index (χ0) is 12.3. The van der Waals surface area contributed by atoms with Crippen molar-refractivity contribution in [2.75, 3.05) is 31.6 Å². The lowest BCUT2D eigenvalue weighted by Gasteiger charge is -2.34. The number of nitrogens with zero attached hydrogens (tertiary/aromatic N) is 2. The number of hydrogen-bond acceptors (Lipinski definition) is 4. The molecule has 17 heavy (non-hydrogen) atoms. The van der Waals surface area contributed by atoms with Gasteiger partial charge in [-0.1, -0.05) is 0 Å². The molecule has 2 rings (SSSR count). The summed E-state index contributed by atoms with van der Waals surface area (Å²) in [5, 5.41) is 12.5. The molecule has 0 aromatic heterocycles. The van der Waals surface area contributed by atoms with Crippen LogP contribution in [-0.2, 0) is 0 Å². The third kappa shape index (κ3) is 2.51. The predicted molar refractivity (Wildman–Crippen MR) is 67.4 cm³/mol. The molecule has 1 aliphatic heterocycles. The number of hydrogen-bond donors (Lipinski definition) is 1. The summed E-state index contributed by atoms with van der Waals surface area (Å²) in [7, 11) is 1.64. The molecule has 1 aromatic carbocycles. The highest BCUT2D eigenvalue weighted by atomic mass is 16.5. The normalized spacial score (nSPS) is 19.8. The van der Waals surface area contributed by atoms with Crippen LogP contribution in [0.2, 0.25) is 0 Å². The first kappa shape index (κ1) is 11.7. The van der Waals surface area contributed by atoms with E-state index in [0.29, 0.717) is 11.6 Å². The van der Waals surface area contributed by atoms with E-state index in [0.717, 1.165) is 31.1 Å². The van der Waals surface area contributed by atoms with E-state index in [1.807, 2.05) is 18.2 Å². The third-order valence-electron chi connectivity index (χ3n) is 3.03. The van der Waals surface area contributed by atoms with Crippen LogP contribution in [0.3, 0.4) is 0 Å². The van der Waals surface area contributed by atoms with Gasteiger partial charge in [0.05, 0.1) is 18.4 Å². The lowest BCUT2D eigenvalue weighted by molar-refractivity contribution is 0.414. The van der Waals surface area contributed by atoms with Gasteiger partial charge in [-0.15, -0.1) is 0 Å². The molecule has 1 heterocycles. The van der Waals surface area contributed by atoms with Gasteiger partial charge < -0.3 is 15.0 Å². The van der Waals surface area contributed by atoms with E-state index in [1.165, 1.54) is 0 Å². The lowest BCUT2D eigenvalue weighted by atomic mass is 10.1. The highest BCUT2D eigenvalue weighted by Gasteiger charge is 2.18. The first-order chi connectivity index (χ1) is 8.24. The van der Waals surface area contributed by atoms with Crippen LogP contribution in [0.1, 0.15) is 12.5 Å².